The predicted molar refractivity (Wildman–Crippen MR) is 105 cm³/mol. The summed E-state index contributed by atoms with van der Waals surface area (Å²) in [6.45, 7) is 15.1. The SMILES string of the molecule is C=C1CC[C@H](CN(C/C=C/C(C)C)S(=O)(=O)c2ccc(C)cc2)C1=C. The van der Waals surface area contributed by atoms with E-state index in [2.05, 4.69) is 27.0 Å². The number of sulfonamides is 1. The van der Waals surface area contributed by atoms with Gasteiger partial charge in [0.25, 0.3) is 0 Å². The second kappa shape index (κ2) is 8.15. The van der Waals surface area contributed by atoms with Crippen LogP contribution in [0.3, 0.4) is 0 Å². The van der Waals surface area contributed by atoms with Gasteiger partial charge in [0.05, 0.1) is 4.90 Å². The van der Waals surface area contributed by atoms with Gasteiger partial charge >= 0.3 is 0 Å². The third-order valence-electron chi connectivity index (χ3n) is 4.65. The molecule has 3 nitrogen and oxygen atoms in total. The molecule has 0 saturated heterocycles. The molecule has 1 atom stereocenters. The maximum Gasteiger partial charge on any atom is 0.243 e. The lowest BCUT2D eigenvalue weighted by Gasteiger charge is -2.25. The van der Waals surface area contributed by atoms with Crippen LogP contribution < -0.4 is 0 Å². The number of benzene rings is 1. The van der Waals surface area contributed by atoms with Crippen LogP contribution in [0.25, 0.3) is 0 Å². The van der Waals surface area contributed by atoms with Crippen molar-refractivity contribution in [1.29, 1.82) is 0 Å². The lowest BCUT2D eigenvalue weighted by molar-refractivity contribution is 0.392. The summed E-state index contributed by atoms with van der Waals surface area (Å²) < 4.78 is 27.8. The van der Waals surface area contributed by atoms with Crippen LogP contribution in [0.2, 0.25) is 0 Å². The van der Waals surface area contributed by atoms with E-state index in [9.17, 15) is 8.42 Å². The second-order valence-electron chi connectivity index (χ2n) is 7.17. The predicted octanol–water partition coefficient (Wildman–Crippen LogP) is 4.72. The zero-order valence-electron chi connectivity index (χ0n) is 15.5. The molecule has 0 bridgehead atoms. The molecule has 1 aromatic rings. The van der Waals surface area contributed by atoms with Gasteiger partial charge in [0.15, 0.2) is 0 Å². The van der Waals surface area contributed by atoms with Crippen molar-refractivity contribution >= 4 is 10.0 Å². The van der Waals surface area contributed by atoms with Gasteiger partial charge in [-0.3, -0.25) is 0 Å². The third-order valence-corrected chi connectivity index (χ3v) is 6.50. The minimum absolute atomic E-state index is 0.153. The summed E-state index contributed by atoms with van der Waals surface area (Å²) >= 11 is 0. The number of hydrogen-bond donors (Lipinski definition) is 0. The summed E-state index contributed by atoms with van der Waals surface area (Å²) in [7, 11) is -3.53. The van der Waals surface area contributed by atoms with Gasteiger partial charge in [0.1, 0.15) is 0 Å². The molecule has 0 N–H and O–H groups in total. The largest absolute Gasteiger partial charge is 0.243 e. The van der Waals surface area contributed by atoms with Gasteiger partial charge in [-0.2, -0.15) is 4.31 Å². The second-order valence-corrected chi connectivity index (χ2v) is 9.11. The van der Waals surface area contributed by atoms with Crippen LogP contribution in [0.5, 0.6) is 0 Å². The molecule has 1 saturated carbocycles. The molecular weight excluding hydrogens is 330 g/mol. The average Bonchev–Trinajstić information content (AvgIpc) is 2.86. The Morgan fingerprint density at radius 1 is 1.24 bits per heavy atom. The summed E-state index contributed by atoms with van der Waals surface area (Å²) in [5, 5.41) is 0. The Morgan fingerprint density at radius 3 is 2.40 bits per heavy atom. The highest BCUT2D eigenvalue weighted by molar-refractivity contribution is 7.89. The quantitative estimate of drug-likeness (QED) is 0.661. The van der Waals surface area contributed by atoms with Crippen LogP contribution >= 0.6 is 0 Å². The molecular formula is C21H29NO2S. The first-order valence-corrected chi connectivity index (χ1v) is 10.3. The fourth-order valence-electron chi connectivity index (χ4n) is 3.00. The summed E-state index contributed by atoms with van der Waals surface area (Å²) in [6.07, 6.45) is 5.82. The zero-order chi connectivity index (χ0) is 18.6. The van der Waals surface area contributed by atoms with Gasteiger partial charge in [-0.25, -0.2) is 8.42 Å². The normalized spacial score (nSPS) is 18.8. The highest BCUT2D eigenvalue weighted by Crippen LogP contribution is 2.35. The van der Waals surface area contributed by atoms with Gasteiger partial charge in [-0.05, 0) is 49.3 Å². The van der Waals surface area contributed by atoms with Gasteiger partial charge in [-0.1, -0.05) is 62.4 Å². The van der Waals surface area contributed by atoms with Gasteiger partial charge < -0.3 is 0 Å². The van der Waals surface area contributed by atoms with Crippen molar-refractivity contribution in [1.82, 2.24) is 4.31 Å². The van der Waals surface area contributed by atoms with Crippen molar-refractivity contribution in [2.45, 2.75) is 38.5 Å². The fraction of sp³-hybridized carbons (Fsp3) is 0.429. The van der Waals surface area contributed by atoms with Gasteiger partial charge in [-0.15, -0.1) is 0 Å². The molecule has 0 heterocycles. The smallest absolute Gasteiger partial charge is 0.207 e. The molecule has 0 aromatic heterocycles. The van der Waals surface area contributed by atoms with Gasteiger partial charge in [0, 0.05) is 13.1 Å². The topological polar surface area (TPSA) is 37.4 Å². The Bertz CT molecular complexity index is 758. The van der Waals surface area contributed by atoms with Crippen molar-refractivity contribution in [3.05, 3.63) is 66.3 Å². The van der Waals surface area contributed by atoms with Crippen molar-refractivity contribution in [2.75, 3.05) is 13.1 Å². The van der Waals surface area contributed by atoms with E-state index in [1.54, 1.807) is 16.4 Å². The van der Waals surface area contributed by atoms with E-state index >= 15 is 0 Å². The Balaban J connectivity index is 2.27. The van der Waals surface area contributed by atoms with Crippen molar-refractivity contribution in [3.8, 4) is 0 Å². The lowest BCUT2D eigenvalue weighted by atomic mass is 10.0. The summed E-state index contributed by atoms with van der Waals surface area (Å²) in [6, 6.07) is 7.05. The lowest BCUT2D eigenvalue weighted by Crippen LogP contribution is -2.35. The number of aryl methyl sites for hydroxylation is 1. The minimum Gasteiger partial charge on any atom is -0.207 e. The van der Waals surface area contributed by atoms with E-state index in [-0.39, 0.29) is 5.92 Å². The Labute approximate surface area is 152 Å². The van der Waals surface area contributed by atoms with Crippen molar-refractivity contribution in [3.63, 3.8) is 0 Å². The van der Waals surface area contributed by atoms with Crippen molar-refractivity contribution in [2.24, 2.45) is 11.8 Å². The molecule has 0 spiro atoms. The van der Waals surface area contributed by atoms with E-state index in [1.165, 1.54) is 0 Å². The van der Waals surface area contributed by atoms with Crippen LogP contribution in [0, 0.1) is 18.8 Å². The van der Waals surface area contributed by atoms with E-state index in [0.29, 0.717) is 23.9 Å². The maximum atomic E-state index is 13.1. The number of allylic oxidation sites excluding steroid dienone is 2. The first-order chi connectivity index (χ1) is 11.7. The van der Waals surface area contributed by atoms with Crippen LogP contribution in [-0.4, -0.2) is 25.8 Å². The molecule has 0 aliphatic heterocycles. The number of rotatable bonds is 7. The minimum atomic E-state index is -3.53. The summed E-state index contributed by atoms with van der Waals surface area (Å²) in [5.74, 6) is 0.547. The average molecular weight is 360 g/mol. The molecule has 136 valence electrons. The first-order valence-electron chi connectivity index (χ1n) is 8.82. The highest BCUT2D eigenvalue weighted by Gasteiger charge is 2.30. The monoisotopic (exact) mass is 359 g/mol. The number of hydrogen-bond acceptors (Lipinski definition) is 2. The van der Waals surface area contributed by atoms with Crippen LogP contribution in [0.15, 0.2) is 65.6 Å². The number of nitrogens with zero attached hydrogens (tertiary/aromatic N) is 1. The molecule has 1 aliphatic rings. The third kappa shape index (κ3) is 4.93. The van der Waals surface area contributed by atoms with Crippen LogP contribution in [0.1, 0.15) is 32.3 Å². The molecule has 4 heteroatoms. The van der Waals surface area contributed by atoms with E-state index < -0.39 is 10.0 Å². The maximum absolute atomic E-state index is 13.1. The molecule has 1 aromatic carbocycles. The molecule has 2 rings (SSSR count). The molecule has 0 radical (unpaired) electrons. The summed E-state index contributed by atoms with van der Waals surface area (Å²) in [4.78, 5) is 0.346. The van der Waals surface area contributed by atoms with Crippen molar-refractivity contribution < 1.29 is 8.42 Å². The first kappa shape index (κ1) is 19.7. The Kier molecular flexibility index (Phi) is 6.42. The molecule has 25 heavy (non-hydrogen) atoms. The van der Waals surface area contributed by atoms with E-state index in [4.69, 9.17) is 0 Å². The van der Waals surface area contributed by atoms with E-state index in [0.717, 1.165) is 29.6 Å². The molecule has 1 fully saturated rings. The van der Waals surface area contributed by atoms with Crippen LogP contribution in [-0.2, 0) is 10.0 Å². The zero-order valence-corrected chi connectivity index (χ0v) is 16.3. The molecule has 0 unspecified atom stereocenters. The summed E-state index contributed by atoms with van der Waals surface area (Å²) in [5.41, 5.74) is 3.10. The van der Waals surface area contributed by atoms with Gasteiger partial charge in [0.2, 0.25) is 10.0 Å². The standard InChI is InChI=1S/C21H29NO2S/c1-16(2)7-6-14-22(15-20-11-10-18(4)19(20)5)25(23,24)21-12-8-17(3)9-13-21/h6-9,12-13,16,20H,4-5,10-11,14-15H2,1-3H3/b7-6+/t20-/m1/s1. The Hall–Kier alpha value is -1.65. The van der Waals surface area contributed by atoms with E-state index in [1.807, 2.05) is 31.2 Å². The fourth-order valence-corrected chi connectivity index (χ4v) is 4.44. The highest BCUT2D eigenvalue weighted by atomic mass is 32.2. The molecule has 0 amide bonds. The van der Waals surface area contributed by atoms with Crippen LogP contribution in [0.4, 0.5) is 0 Å². The Morgan fingerprint density at radius 2 is 1.88 bits per heavy atom. The molecule has 1 aliphatic carbocycles.